The highest BCUT2D eigenvalue weighted by Gasteiger charge is 2.16. The van der Waals surface area contributed by atoms with Crippen molar-refractivity contribution in [1.29, 1.82) is 0 Å². The molecule has 0 fully saturated rings. The second-order valence-electron chi connectivity index (χ2n) is 4.05. The van der Waals surface area contributed by atoms with Gasteiger partial charge in [-0.1, -0.05) is 10.4 Å². The van der Waals surface area contributed by atoms with Gasteiger partial charge in [0.2, 0.25) is 10.0 Å². The third-order valence-electron chi connectivity index (χ3n) is 2.61. The summed E-state index contributed by atoms with van der Waals surface area (Å²) < 4.78 is 32.1. The number of sulfonamides is 1. The SMILES string of the molecule is O=S(=O)(NCc1cn(-c2cccnc2)nn1)c1cnoc1. The molecule has 0 aliphatic rings. The first kappa shape index (κ1) is 13.4. The Hall–Kier alpha value is -2.59. The molecule has 3 aromatic heterocycles. The van der Waals surface area contributed by atoms with E-state index in [4.69, 9.17) is 0 Å². The molecule has 0 spiro atoms. The van der Waals surface area contributed by atoms with Gasteiger partial charge < -0.3 is 4.52 Å². The number of rotatable bonds is 5. The van der Waals surface area contributed by atoms with Crippen LogP contribution in [0.3, 0.4) is 0 Å². The standard InChI is InChI=1S/C11H10N6O3S/c18-21(19,11-6-13-20-8-11)14-4-9-7-17(16-15-9)10-2-1-3-12-5-10/h1-3,5-8,14H,4H2. The van der Waals surface area contributed by atoms with E-state index in [0.717, 1.165) is 18.1 Å². The van der Waals surface area contributed by atoms with Crippen LogP contribution in [0.2, 0.25) is 0 Å². The average Bonchev–Trinajstić information content (AvgIpc) is 3.18. The Morgan fingerprint density at radius 3 is 2.95 bits per heavy atom. The molecule has 10 heteroatoms. The van der Waals surface area contributed by atoms with E-state index in [2.05, 4.69) is 29.7 Å². The number of hydrogen-bond donors (Lipinski definition) is 1. The molecule has 3 heterocycles. The summed E-state index contributed by atoms with van der Waals surface area (Å²) in [7, 11) is -3.67. The zero-order valence-corrected chi connectivity index (χ0v) is 11.4. The van der Waals surface area contributed by atoms with Crippen molar-refractivity contribution in [3.8, 4) is 5.69 Å². The van der Waals surface area contributed by atoms with Crippen LogP contribution in [-0.4, -0.2) is 33.6 Å². The van der Waals surface area contributed by atoms with Gasteiger partial charge in [0.05, 0.1) is 36.5 Å². The fourth-order valence-electron chi connectivity index (χ4n) is 1.58. The lowest BCUT2D eigenvalue weighted by molar-refractivity contribution is 0.417. The van der Waals surface area contributed by atoms with Gasteiger partial charge in [-0.15, -0.1) is 5.10 Å². The van der Waals surface area contributed by atoms with E-state index < -0.39 is 10.0 Å². The number of nitrogens with one attached hydrogen (secondary N) is 1. The zero-order chi connectivity index (χ0) is 14.7. The third-order valence-corrected chi connectivity index (χ3v) is 3.96. The summed E-state index contributed by atoms with van der Waals surface area (Å²) in [6, 6.07) is 3.58. The number of hydrogen-bond acceptors (Lipinski definition) is 7. The maximum atomic E-state index is 11.9. The quantitative estimate of drug-likeness (QED) is 0.712. The lowest BCUT2D eigenvalue weighted by Crippen LogP contribution is -2.23. The molecule has 3 aromatic rings. The van der Waals surface area contributed by atoms with Gasteiger partial charge in [0.1, 0.15) is 11.2 Å². The second kappa shape index (κ2) is 5.42. The third kappa shape index (κ3) is 2.95. The Bertz CT molecular complexity index is 813. The normalized spacial score (nSPS) is 11.6. The molecule has 0 aromatic carbocycles. The molecule has 0 radical (unpaired) electrons. The molecule has 9 nitrogen and oxygen atoms in total. The summed E-state index contributed by atoms with van der Waals surface area (Å²) in [4.78, 5) is 3.93. The van der Waals surface area contributed by atoms with Crippen LogP contribution in [0.15, 0.2) is 52.6 Å². The summed E-state index contributed by atoms with van der Waals surface area (Å²) >= 11 is 0. The van der Waals surface area contributed by atoms with E-state index in [1.165, 1.54) is 4.68 Å². The first-order valence-electron chi connectivity index (χ1n) is 5.86. The second-order valence-corrected chi connectivity index (χ2v) is 5.82. The van der Waals surface area contributed by atoms with E-state index in [-0.39, 0.29) is 11.4 Å². The molecule has 108 valence electrons. The molecular formula is C11H10N6O3S. The molecular weight excluding hydrogens is 296 g/mol. The lowest BCUT2D eigenvalue weighted by Gasteiger charge is -2.00. The number of pyridine rings is 1. The van der Waals surface area contributed by atoms with Crippen LogP contribution < -0.4 is 4.72 Å². The summed E-state index contributed by atoms with van der Waals surface area (Å²) in [6.07, 6.45) is 7.06. The minimum Gasteiger partial charge on any atom is -0.363 e. The fourth-order valence-corrected chi connectivity index (χ4v) is 2.43. The van der Waals surface area contributed by atoms with Crippen molar-refractivity contribution in [3.63, 3.8) is 0 Å². The van der Waals surface area contributed by atoms with Crippen LogP contribution in [0, 0.1) is 0 Å². The largest absolute Gasteiger partial charge is 0.363 e. The van der Waals surface area contributed by atoms with Crippen LogP contribution in [0.4, 0.5) is 0 Å². The minimum absolute atomic E-state index is 0.00771. The Morgan fingerprint density at radius 1 is 1.33 bits per heavy atom. The molecule has 3 rings (SSSR count). The van der Waals surface area contributed by atoms with Gasteiger partial charge in [0.25, 0.3) is 0 Å². The topological polar surface area (TPSA) is 116 Å². The van der Waals surface area contributed by atoms with E-state index >= 15 is 0 Å². The van der Waals surface area contributed by atoms with Crippen molar-refractivity contribution in [3.05, 3.63) is 48.9 Å². The minimum atomic E-state index is -3.67. The Kier molecular flexibility index (Phi) is 3.46. The molecule has 0 saturated heterocycles. The Balaban J connectivity index is 1.71. The number of aromatic nitrogens is 5. The summed E-state index contributed by atoms with van der Waals surface area (Å²) in [5.41, 5.74) is 1.21. The molecule has 0 bridgehead atoms. The van der Waals surface area contributed by atoms with E-state index in [1.807, 2.05) is 6.07 Å². The molecule has 0 atom stereocenters. The first-order chi connectivity index (χ1) is 10.1. The maximum Gasteiger partial charge on any atom is 0.245 e. The van der Waals surface area contributed by atoms with Gasteiger partial charge >= 0.3 is 0 Å². The van der Waals surface area contributed by atoms with Crippen molar-refractivity contribution < 1.29 is 12.9 Å². The van der Waals surface area contributed by atoms with Gasteiger partial charge in [-0.25, -0.2) is 17.8 Å². The molecule has 21 heavy (non-hydrogen) atoms. The van der Waals surface area contributed by atoms with E-state index in [1.54, 1.807) is 24.7 Å². The fraction of sp³-hybridized carbons (Fsp3) is 0.0909. The first-order valence-corrected chi connectivity index (χ1v) is 7.34. The van der Waals surface area contributed by atoms with Crippen molar-refractivity contribution in [2.45, 2.75) is 11.4 Å². The highest BCUT2D eigenvalue weighted by molar-refractivity contribution is 7.89. The van der Waals surface area contributed by atoms with Crippen LogP contribution in [0.1, 0.15) is 5.69 Å². The van der Waals surface area contributed by atoms with Crippen LogP contribution in [0.25, 0.3) is 5.69 Å². The number of nitrogens with zero attached hydrogens (tertiary/aromatic N) is 5. The molecule has 0 saturated carbocycles. The van der Waals surface area contributed by atoms with Crippen molar-refractivity contribution in [2.75, 3.05) is 0 Å². The maximum absolute atomic E-state index is 11.9. The summed E-state index contributed by atoms with van der Waals surface area (Å²) in [5.74, 6) is 0. The summed E-state index contributed by atoms with van der Waals surface area (Å²) in [6.45, 7) is 0.00771. The smallest absolute Gasteiger partial charge is 0.245 e. The monoisotopic (exact) mass is 306 g/mol. The van der Waals surface area contributed by atoms with Gasteiger partial charge in [-0.05, 0) is 12.1 Å². The molecule has 0 aliphatic heterocycles. The van der Waals surface area contributed by atoms with E-state index in [0.29, 0.717) is 5.69 Å². The lowest BCUT2D eigenvalue weighted by atomic mass is 10.4. The van der Waals surface area contributed by atoms with Crippen molar-refractivity contribution in [1.82, 2.24) is 29.9 Å². The summed E-state index contributed by atoms with van der Waals surface area (Å²) in [5, 5.41) is 11.2. The van der Waals surface area contributed by atoms with Gasteiger partial charge in [-0.3, -0.25) is 4.98 Å². The van der Waals surface area contributed by atoms with Crippen molar-refractivity contribution in [2.24, 2.45) is 0 Å². The average molecular weight is 306 g/mol. The van der Waals surface area contributed by atoms with E-state index in [9.17, 15) is 8.42 Å². The van der Waals surface area contributed by atoms with Gasteiger partial charge in [0.15, 0.2) is 0 Å². The van der Waals surface area contributed by atoms with Crippen LogP contribution in [-0.2, 0) is 16.6 Å². The highest BCUT2D eigenvalue weighted by atomic mass is 32.2. The van der Waals surface area contributed by atoms with Crippen LogP contribution >= 0.6 is 0 Å². The van der Waals surface area contributed by atoms with Gasteiger partial charge in [-0.2, -0.15) is 0 Å². The van der Waals surface area contributed by atoms with Gasteiger partial charge in [0, 0.05) is 6.20 Å². The molecule has 0 amide bonds. The molecule has 0 unspecified atom stereocenters. The zero-order valence-electron chi connectivity index (χ0n) is 10.6. The van der Waals surface area contributed by atoms with Crippen LogP contribution in [0.5, 0.6) is 0 Å². The highest BCUT2D eigenvalue weighted by Crippen LogP contribution is 2.08. The predicted octanol–water partition coefficient (Wildman–Crippen LogP) is 0.129. The Labute approximate surface area is 119 Å². The predicted molar refractivity (Wildman–Crippen MR) is 69.7 cm³/mol. The molecule has 0 aliphatic carbocycles. The molecule has 1 N–H and O–H groups in total. The Morgan fingerprint density at radius 2 is 2.24 bits per heavy atom. The van der Waals surface area contributed by atoms with Crippen molar-refractivity contribution >= 4 is 10.0 Å².